The molecule has 0 radical (unpaired) electrons. The van der Waals surface area contributed by atoms with Gasteiger partial charge in [0, 0.05) is 29.2 Å². The number of rotatable bonds is 3. The van der Waals surface area contributed by atoms with Gasteiger partial charge in [-0.1, -0.05) is 0 Å². The van der Waals surface area contributed by atoms with Crippen LogP contribution >= 0.6 is 11.8 Å². The van der Waals surface area contributed by atoms with E-state index >= 15 is 0 Å². The van der Waals surface area contributed by atoms with Crippen LogP contribution in [0.5, 0.6) is 0 Å². The first kappa shape index (κ1) is 10.1. The van der Waals surface area contributed by atoms with Crippen LogP contribution in [-0.4, -0.2) is 9.97 Å². The van der Waals surface area contributed by atoms with E-state index in [4.69, 9.17) is 0 Å². The zero-order chi connectivity index (χ0) is 10.5. The van der Waals surface area contributed by atoms with E-state index in [0.29, 0.717) is 0 Å². The number of pyridine rings is 2. The fraction of sp³-hybridized carbons (Fsp3) is 0.0909. The standard InChI is InChI=1S/C11H9FN2S/c12-10-5-9(6-14-7-10)8-15-11-1-3-13-4-2-11/h1-7H,8H2. The lowest BCUT2D eigenvalue weighted by molar-refractivity contribution is 0.619. The molecule has 0 saturated carbocycles. The largest absolute Gasteiger partial charge is 0.265 e. The van der Waals surface area contributed by atoms with Gasteiger partial charge in [-0.25, -0.2) is 4.39 Å². The van der Waals surface area contributed by atoms with Gasteiger partial charge in [0.05, 0.1) is 6.20 Å². The van der Waals surface area contributed by atoms with Gasteiger partial charge in [-0.3, -0.25) is 9.97 Å². The smallest absolute Gasteiger partial charge is 0.141 e. The van der Waals surface area contributed by atoms with E-state index in [9.17, 15) is 4.39 Å². The van der Waals surface area contributed by atoms with Crippen LogP contribution in [-0.2, 0) is 5.75 Å². The van der Waals surface area contributed by atoms with E-state index in [2.05, 4.69) is 9.97 Å². The maximum absolute atomic E-state index is 12.8. The van der Waals surface area contributed by atoms with Crippen molar-refractivity contribution in [2.45, 2.75) is 10.6 Å². The molecular formula is C11H9FN2S. The summed E-state index contributed by atoms with van der Waals surface area (Å²) in [7, 11) is 0. The van der Waals surface area contributed by atoms with Crippen molar-refractivity contribution in [2.75, 3.05) is 0 Å². The predicted octanol–water partition coefficient (Wildman–Crippen LogP) is 2.91. The SMILES string of the molecule is Fc1cncc(CSc2ccncc2)c1. The molecule has 15 heavy (non-hydrogen) atoms. The predicted molar refractivity (Wildman–Crippen MR) is 58.0 cm³/mol. The van der Waals surface area contributed by atoms with E-state index in [1.165, 1.54) is 12.3 Å². The molecule has 2 nitrogen and oxygen atoms in total. The van der Waals surface area contributed by atoms with Crippen molar-refractivity contribution in [3.8, 4) is 0 Å². The normalized spacial score (nSPS) is 10.2. The van der Waals surface area contributed by atoms with Crippen molar-refractivity contribution in [3.05, 3.63) is 54.4 Å². The molecule has 2 aromatic rings. The van der Waals surface area contributed by atoms with Gasteiger partial charge in [0.15, 0.2) is 0 Å². The second-order valence-electron chi connectivity index (χ2n) is 2.98. The summed E-state index contributed by atoms with van der Waals surface area (Å²) in [6.07, 6.45) is 6.37. The maximum Gasteiger partial charge on any atom is 0.141 e. The molecule has 0 saturated heterocycles. The lowest BCUT2D eigenvalue weighted by Gasteiger charge is -2.00. The Labute approximate surface area is 91.6 Å². The van der Waals surface area contributed by atoms with E-state index in [0.717, 1.165) is 16.2 Å². The Morgan fingerprint density at radius 1 is 1.13 bits per heavy atom. The van der Waals surface area contributed by atoms with Gasteiger partial charge in [0.1, 0.15) is 5.82 Å². The highest BCUT2D eigenvalue weighted by molar-refractivity contribution is 7.98. The average molecular weight is 220 g/mol. The van der Waals surface area contributed by atoms with Gasteiger partial charge in [-0.2, -0.15) is 0 Å². The third-order valence-corrected chi connectivity index (χ3v) is 2.90. The topological polar surface area (TPSA) is 25.8 Å². The molecule has 2 heterocycles. The minimum atomic E-state index is -0.289. The summed E-state index contributed by atoms with van der Waals surface area (Å²) in [6.45, 7) is 0. The van der Waals surface area contributed by atoms with Crippen molar-refractivity contribution in [3.63, 3.8) is 0 Å². The Balaban J connectivity index is 1.99. The molecule has 2 rings (SSSR count). The molecule has 2 aromatic heterocycles. The third kappa shape index (κ3) is 3.02. The van der Waals surface area contributed by atoms with Gasteiger partial charge >= 0.3 is 0 Å². The van der Waals surface area contributed by atoms with Gasteiger partial charge in [0.25, 0.3) is 0 Å². The van der Waals surface area contributed by atoms with Gasteiger partial charge < -0.3 is 0 Å². The maximum atomic E-state index is 12.8. The van der Waals surface area contributed by atoms with Crippen LogP contribution in [0, 0.1) is 5.82 Å². The number of hydrogen-bond acceptors (Lipinski definition) is 3. The van der Waals surface area contributed by atoms with Gasteiger partial charge in [-0.05, 0) is 23.8 Å². The molecule has 0 spiro atoms. The van der Waals surface area contributed by atoms with Crippen molar-refractivity contribution in [1.82, 2.24) is 9.97 Å². The van der Waals surface area contributed by atoms with E-state index in [-0.39, 0.29) is 5.82 Å². The summed E-state index contributed by atoms with van der Waals surface area (Å²) in [4.78, 5) is 8.84. The highest BCUT2D eigenvalue weighted by Gasteiger charge is 1.97. The van der Waals surface area contributed by atoms with Crippen molar-refractivity contribution < 1.29 is 4.39 Å². The molecule has 0 amide bonds. The fourth-order valence-corrected chi connectivity index (χ4v) is 1.94. The zero-order valence-electron chi connectivity index (χ0n) is 7.93. The van der Waals surface area contributed by atoms with Gasteiger partial charge in [0.2, 0.25) is 0 Å². The van der Waals surface area contributed by atoms with Crippen LogP contribution in [0.3, 0.4) is 0 Å². The zero-order valence-corrected chi connectivity index (χ0v) is 8.75. The minimum absolute atomic E-state index is 0.289. The number of thioether (sulfide) groups is 1. The quantitative estimate of drug-likeness (QED) is 0.744. The van der Waals surface area contributed by atoms with Crippen molar-refractivity contribution in [2.24, 2.45) is 0 Å². The molecule has 0 fully saturated rings. The second kappa shape index (κ2) is 4.89. The Bertz CT molecular complexity index is 434. The van der Waals surface area contributed by atoms with Crippen LogP contribution < -0.4 is 0 Å². The first-order chi connectivity index (χ1) is 7.34. The molecule has 0 aromatic carbocycles. The minimum Gasteiger partial charge on any atom is -0.265 e. The summed E-state index contributed by atoms with van der Waals surface area (Å²) >= 11 is 1.64. The second-order valence-corrected chi connectivity index (χ2v) is 4.03. The first-order valence-corrected chi connectivity index (χ1v) is 5.45. The Morgan fingerprint density at radius 2 is 1.93 bits per heavy atom. The van der Waals surface area contributed by atoms with Crippen LogP contribution in [0.25, 0.3) is 0 Å². The van der Waals surface area contributed by atoms with Crippen LogP contribution in [0.15, 0.2) is 47.9 Å². The highest BCUT2D eigenvalue weighted by Crippen LogP contribution is 2.21. The molecule has 0 unspecified atom stereocenters. The molecule has 76 valence electrons. The van der Waals surface area contributed by atoms with E-state index in [1.54, 1.807) is 30.4 Å². The monoisotopic (exact) mass is 220 g/mol. The molecule has 0 aliphatic rings. The molecule has 4 heteroatoms. The summed E-state index contributed by atoms with van der Waals surface area (Å²) in [5, 5.41) is 0. The number of nitrogens with zero attached hydrogens (tertiary/aromatic N) is 2. The lowest BCUT2D eigenvalue weighted by Crippen LogP contribution is -1.85. The van der Waals surface area contributed by atoms with Crippen molar-refractivity contribution in [1.29, 1.82) is 0 Å². The number of hydrogen-bond donors (Lipinski definition) is 0. The van der Waals surface area contributed by atoms with E-state index in [1.807, 2.05) is 12.1 Å². The average Bonchev–Trinajstić information content (AvgIpc) is 2.28. The molecule has 0 N–H and O–H groups in total. The fourth-order valence-electron chi connectivity index (χ4n) is 1.14. The Hall–Kier alpha value is -1.42. The lowest BCUT2D eigenvalue weighted by atomic mass is 10.3. The molecule has 0 atom stereocenters. The first-order valence-electron chi connectivity index (χ1n) is 4.47. The van der Waals surface area contributed by atoms with Crippen LogP contribution in [0.2, 0.25) is 0 Å². The van der Waals surface area contributed by atoms with Crippen molar-refractivity contribution >= 4 is 11.8 Å². The van der Waals surface area contributed by atoms with Crippen LogP contribution in [0.4, 0.5) is 4.39 Å². The molecule has 0 aliphatic heterocycles. The summed E-state index contributed by atoms with van der Waals surface area (Å²) in [5.41, 5.74) is 0.886. The molecule has 0 aliphatic carbocycles. The number of aromatic nitrogens is 2. The molecule has 0 bridgehead atoms. The summed E-state index contributed by atoms with van der Waals surface area (Å²) < 4.78 is 12.8. The number of halogens is 1. The summed E-state index contributed by atoms with van der Waals surface area (Å²) in [5.74, 6) is 0.428. The third-order valence-electron chi connectivity index (χ3n) is 1.82. The molecular weight excluding hydrogens is 211 g/mol. The van der Waals surface area contributed by atoms with E-state index < -0.39 is 0 Å². The van der Waals surface area contributed by atoms with Gasteiger partial charge in [-0.15, -0.1) is 11.8 Å². The van der Waals surface area contributed by atoms with Crippen LogP contribution in [0.1, 0.15) is 5.56 Å². The Kier molecular flexibility index (Phi) is 3.29. The Morgan fingerprint density at radius 3 is 2.67 bits per heavy atom. The summed E-state index contributed by atoms with van der Waals surface area (Å²) in [6, 6.07) is 5.36. The highest BCUT2D eigenvalue weighted by atomic mass is 32.2.